The number of aryl methyl sites for hydroxylation is 1. The maximum Gasteiger partial charge on any atom is 0.277 e. The standard InChI is InChI=1S/C16H15BrClN5O/c1-2-22-8-7-14(20-22)16(24)19-15-12(17)10-23(21-15)9-11-5-3-4-6-13(11)18/h3-8,10H,2,9H2,1H3,(H,19,21,24). The average molecular weight is 409 g/mol. The molecule has 1 N–H and O–H groups in total. The lowest BCUT2D eigenvalue weighted by molar-refractivity contribution is 0.102. The molecule has 2 heterocycles. The largest absolute Gasteiger partial charge is 0.303 e. The summed E-state index contributed by atoms with van der Waals surface area (Å²) >= 11 is 9.58. The molecule has 2 aromatic heterocycles. The number of amides is 1. The SMILES string of the molecule is CCn1ccc(C(=O)Nc2nn(Cc3ccccc3Cl)cc2Br)n1. The quantitative estimate of drug-likeness (QED) is 0.698. The first-order chi connectivity index (χ1) is 11.6. The number of hydrogen-bond donors (Lipinski definition) is 1. The van der Waals surface area contributed by atoms with E-state index in [4.69, 9.17) is 11.6 Å². The summed E-state index contributed by atoms with van der Waals surface area (Å²) in [5, 5.41) is 12.0. The van der Waals surface area contributed by atoms with Crippen molar-refractivity contribution in [3.63, 3.8) is 0 Å². The number of rotatable bonds is 5. The second kappa shape index (κ2) is 7.19. The van der Waals surface area contributed by atoms with E-state index in [0.717, 1.165) is 5.56 Å². The number of hydrogen-bond acceptors (Lipinski definition) is 3. The minimum Gasteiger partial charge on any atom is -0.303 e. The number of carbonyl (C=O) groups excluding carboxylic acids is 1. The van der Waals surface area contributed by atoms with Crippen LogP contribution in [0.1, 0.15) is 23.0 Å². The molecule has 0 aliphatic rings. The zero-order valence-corrected chi connectivity index (χ0v) is 15.3. The number of carbonyl (C=O) groups is 1. The van der Waals surface area contributed by atoms with Gasteiger partial charge >= 0.3 is 0 Å². The molecule has 3 aromatic rings. The van der Waals surface area contributed by atoms with Gasteiger partial charge in [0.25, 0.3) is 5.91 Å². The summed E-state index contributed by atoms with van der Waals surface area (Å²) in [4.78, 5) is 12.2. The van der Waals surface area contributed by atoms with E-state index in [9.17, 15) is 4.79 Å². The lowest BCUT2D eigenvalue weighted by Gasteiger charge is -2.04. The second-order valence-electron chi connectivity index (χ2n) is 5.13. The number of aromatic nitrogens is 4. The van der Waals surface area contributed by atoms with Gasteiger partial charge in [0.05, 0.1) is 11.0 Å². The molecule has 124 valence electrons. The summed E-state index contributed by atoms with van der Waals surface area (Å²) in [6.45, 7) is 3.18. The van der Waals surface area contributed by atoms with Gasteiger partial charge in [-0.3, -0.25) is 14.2 Å². The van der Waals surface area contributed by atoms with Gasteiger partial charge in [-0.2, -0.15) is 10.2 Å². The van der Waals surface area contributed by atoms with Gasteiger partial charge in [-0.25, -0.2) is 0 Å². The van der Waals surface area contributed by atoms with Crippen LogP contribution in [0.25, 0.3) is 0 Å². The third-order valence-corrected chi connectivity index (χ3v) is 4.39. The lowest BCUT2D eigenvalue weighted by atomic mass is 10.2. The monoisotopic (exact) mass is 407 g/mol. The van der Waals surface area contributed by atoms with Gasteiger partial charge in [0, 0.05) is 24.0 Å². The summed E-state index contributed by atoms with van der Waals surface area (Å²) in [6, 6.07) is 9.25. The molecule has 0 atom stereocenters. The van der Waals surface area contributed by atoms with Gasteiger partial charge in [0.1, 0.15) is 0 Å². The fourth-order valence-electron chi connectivity index (χ4n) is 2.19. The zero-order valence-electron chi connectivity index (χ0n) is 12.9. The molecule has 24 heavy (non-hydrogen) atoms. The smallest absolute Gasteiger partial charge is 0.277 e. The number of nitrogens with one attached hydrogen (secondary N) is 1. The first-order valence-electron chi connectivity index (χ1n) is 7.38. The molecular formula is C16H15BrClN5O. The molecule has 0 fully saturated rings. The molecule has 1 amide bonds. The fraction of sp³-hybridized carbons (Fsp3) is 0.188. The molecule has 0 aliphatic carbocycles. The molecule has 0 radical (unpaired) electrons. The van der Waals surface area contributed by atoms with Crippen molar-refractivity contribution in [2.75, 3.05) is 5.32 Å². The van der Waals surface area contributed by atoms with Crippen LogP contribution in [0.15, 0.2) is 47.2 Å². The Balaban J connectivity index is 1.74. The Bertz CT molecular complexity index is 873. The van der Waals surface area contributed by atoms with E-state index in [1.165, 1.54) is 0 Å². The molecule has 6 nitrogen and oxygen atoms in total. The summed E-state index contributed by atoms with van der Waals surface area (Å²) < 4.78 is 4.10. The lowest BCUT2D eigenvalue weighted by Crippen LogP contribution is -2.14. The van der Waals surface area contributed by atoms with E-state index in [1.54, 1.807) is 27.8 Å². The minimum absolute atomic E-state index is 0.300. The Hall–Kier alpha value is -2.12. The maximum absolute atomic E-state index is 12.2. The van der Waals surface area contributed by atoms with Gasteiger partial charge < -0.3 is 5.32 Å². The van der Waals surface area contributed by atoms with Crippen molar-refractivity contribution >= 4 is 39.3 Å². The first-order valence-corrected chi connectivity index (χ1v) is 8.55. The van der Waals surface area contributed by atoms with Crippen molar-refractivity contribution in [3.05, 3.63) is 63.5 Å². The van der Waals surface area contributed by atoms with Crippen LogP contribution in [0.2, 0.25) is 5.02 Å². The van der Waals surface area contributed by atoms with Crippen LogP contribution in [0.3, 0.4) is 0 Å². The van der Waals surface area contributed by atoms with Crippen LogP contribution in [0.4, 0.5) is 5.82 Å². The summed E-state index contributed by atoms with van der Waals surface area (Å²) in [7, 11) is 0. The van der Waals surface area contributed by atoms with Crippen molar-refractivity contribution in [2.24, 2.45) is 0 Å². The van der Waals surface area contributed by atoms with Crippen LogP contribution in [0.5, 0.6) is 0 Å². The maximum atomic E-state index is 12.2. The van der Waals surface area contributed by atoms with Gasteiger partial charge in [-0.1, -0.05) is 29.8 Å². The third-order valence-electron chi connectivity index (χ3n) is 3.44. The predicted molar refractivity (Wildman–Crippen MR) is 96.3 cm³/mol. The molecular weight excluding hydrogens is 394 g/mol. The Kier molecular flexibility index (Phi) is 5.01. The highest BCUT2D eigenvalue weighted by molar-refractivity contribution is 9.10. The van der Waals surface area contributed by atoms with Crippen molar-refractivity contribution in [1.82, 2.24) is 19.6 Å². The highest BCUT2D eigenvalue weighted by Gasteiger charge is 2.14. The average Bonchev–Trinajstić information content (AvgIpc) is 3.17. The van der Waals surface area contributed by atoms with Crippen molar-refractivity contribution in [3.8, 4) is 0 Å². The van der Waals surface area contributed by atoms with Crippen LogP contribution in [0, 0.1) is 0 Å². The summed E-state index contributed by atoms with van der Waals surface area (Å²) in [6.07, 6.45) is 3.56. The predicted octanol–water partition coefficient (Wildman–Crippen LogP) is 3.82. The third kappa shape index (κ3) is 3.68. The summed E-state index contributed by atoms with van der Waals surface area (Å²) in [5.74, 6) is 0.143. The van der Waals surface area contributed by atoms with Crippen LogP contribution < -0.4 is 5.32 Å². The van der Waals surface area contributed by atoms with Crippen molar-refractivity contribution in [2.45, 2.75) is 20.0 Å². The van der Waals surface area contributed by atoms with Crippen molar-refractivity contribution < 1.29 is 4.79 Å². The molecule has 0 bridgehead atoms. The van der Waals surface area contributed by atoms with E-state index in [2.05, 4.69) is 31.4 Å². The minimum atomic E-state index is -0.300. The van der Waals surface area contributed by atoms with E-state index >= 15 is 0 Å². The second-order valence-corrected chi connectivity index (χ2v) is 6.39. The van der Waals surface area contributed by atoms with Crippen molar-refractivity contribution in [1.29, 1.82) is 0 Å². The van der Waals surface area contributed by atoms with Gasteiger partial charge in [-0.15, -0.1) is 0 Å². The van der Waals surface area contributed by atoms with E-state index in [0.29, 0.717) is 34.1 Å². The van der Waals surface area contributed by atoms with E-state index < -0.39 is 0 Å². The molecule has 0 aliphatic heterocycles. The topological polar surface area (TPSA) is 64.7 Å². The Morgan fingerprint density at radius 1 is 1.25 bits per heavy atom. The number of benzene rings is 1. The fourth-order valence-corrected chi connectivity index (χ4v) is 2.80. The normalized spacial score (nSPS) is 10.8. The van der Waals surface area contributed by atoms with Gasteiger partial charge in [0.2, 0.25) is 0 Å². The Morgan fingerprint density at radius 2 is 2.04 bits per heavy atom. The van der Waals surface area contributed by atoms with E-state index in [1.807, 2.05) is 31.2 Å². The van der Waals surface area contributed by atoms with E-state index in [-0.39, 0.29) is 5.91 Å². The highest BCUT2D eigenvalue weighted by Crippen LogP contribution is 2.23. The number of halogens is 2. The zero-order chi connectivity index (χ0) is 17.1. The number of nitrogens with zero attached hydrogens (tertiary/aromatic N) is 4. The molecule has 0 unspecified atom stereocenters. The Morgan fingerprint density at radius 3 is 2.75 bits per heavy atom. The van der Waals surface area contributed by atoms with Crippen LogP contribution in [-0.2, 0) is 13.1 Å². The molecule has 0 saturated carbocycles. The molecule has 8 heteroatoms. The summed E-state index contributed by atoms with van der Waals surface area (Å²) in [5.41, 5.74) is 1.30. The molecule has 0 saturated heterocycles. The number of anilines is 1. The van der Waals surface area contributed by atoms with Crippen LogP contribution in [-0.4, -0.2) is 25.5 Å². The highest BCUT2D eigenvalue weighted by atomic mass is 79.9. The molecule has 3 rings (SSSR count). The molecule has 1 aromatic carbocycles. The van der Waals surface area contributed by atoms with Gasteiger partial charge in [0.15, 0.2) is 11.5 Å². The Labute approximate surface area is 152 Å². The molecule has 0 spiro atoms. The first kappa shape index (κ1) is 16.7. The van der Waals surface area contributed by atoms with Gasteiger partial charge in [-0.05, 0) is 40.5 Å². The van der Waals surface area contributed by atoms with Crippen LogP contribution >= 0.6 is 27.5 Å².